The molecule has 0 spiro atoms. The molecule has 3 aromatic rings. The van der Waals surface area contributed by atoms with Crippen molar-refractivity contribution in [2.75, 3.05) is 5.75 Å². The first-order chi connectivity index (χ1) is 12.7. The second-order valence-corrected chi connectivity index (χ2v) is 6.39. The Morgan fingerprint density at radius 3 is 2.62 bits per heavy atom. The van der Waals surface area contributed by atoms with Crippen LogP contribution >= 0.6 is 11.8 Å². The number of hydrogen-bond donors (Lipinski definition) is 0. The highest BCUT2D eigenvalue weighted by molar-refractivity contribution is 7.99. The smallest absolute Gasteiger partial charge is 0.269 e. The summed E-state index contributed by atoms with van der Waals surface area (Å²) in [6, 6.07) is 15.8. The zero-order valence-corrected chi connectivity index (χ0v) is 14.3. The van der Waals surface area contributed by atoms with Crippen molar-refractivity contribution in [2.24, 2.45) is 5.10 Å². The fraction of sp³-hybridized carbons (Fsp3) is 0.118. The molecule has 4 rings (SSSR count). The van der Waals surface area contributed by atoms with Crippen LogP contribution in [-0.4, -0.2) is 31.3 Å². The lowest BCUT2D eigenvalue weighted by Crippen LogP contribution is -2.15. The first-order valence-corrected chi connectivity index (χ1v) is 8.77. The third-order valence-electron chi connectivity index (χ3n) is 3.76. The molecule has 9 heteroatoms. The van der Waals surface area contributed by atoms with Crippen molar-refractivity contribution in [1.29, 1.82) is 0 Å². The van der Waals surface area contributed by atoms with Crippen molar-refractivity contribution in [2.45, 2.75) is 11.8 Å². The van der Waals surface area contributed by atoms with Crippen LogP contribution in [0.15, 0.2) is 64.9 Å². The lowest BCUT2D eigenvalue weighted by atomic mass is 10.1. The van der Waals surface area contributed by atoms with Crippen LogP contribution in [0.2, 0.25) is 0 Å². The molecule has 0 radical (unpaired) electrons. The predicted molar refractivity (Wildman–Crippen MR) is 96.6 cm³/mol. The molecule has 0 atom stereocenters. The number of para-hydroxylation sites is 1. The van der Waals surface area contributed by atoms with E-state index in [9.17, 15) is 10.1 Å². The van der Waals surface area contributed by atoms with E-state index in [-0.39, 0.29) is 12.3 Å². The van der Waals surface area contributed by atoms with Crippen LogP contribution in [0.4, 0.5) is 5.69 Å². The van der Waals surface area contributed by atoms with Gasteiger partial charge in [0.2, 0.25) is 5.16 Å². The fourth-order valence-corrected chi connectivity index (χ4v) is 3.30. The number of nitro groups is 1. The Kier molecular flexibility index (Phi) is 4.36. The minimum atomic E-state index is -0.419. The number of aromatic nitrogens is 3. The van der Waals surface area contributed by atoms with Gasteiger partial charge in [0, 0.05) is 17.9 Å². The number of nitrogens with zero attached hydrogens (tertiary/aromatic N) is 5. The topological polar surface area (TPSA) is 95.4 Å². The number of hydrogen-bond acceptors (Lipinski definition) is 7. The van der Waals surface area contributed by atoms with Gasteiger partial charge in [-0.2, -0.15) is 9.78 Å². The molecule has 1 aliphatic rings. The van der Waals surface area contributed by atoms with Crippen LogP contribution in [0.1, 0.15) is 11.4 Å². The average Bonchev–Trinajstić information content (AvgIpc) is 3.09. The van der Waals surface area contributed by atoms with Gasteiger partial charge in [-0.1, -0.05) is 30.0 Å². The Hall–Kier alpha value is -3.20. The van der Waals surface area contributed by atoms with Crippen LogP contribution < -0.4 is 4.74 Å². The minimum absolute atomic E-state index is 0.0553. The average molecular weight is 367 g/mol. The second kappa shape index (κ2) is 6.96. The SMILES string of the molecule is O=[N+]([O-])c1ccc(C2=Nn3c(COc4ccccc4)nnc3SC2)cc1. The predicted octanol–water partition coefficient (Wildman–Crippen LogP) is 3.12. The maximum atomic E-state index is 10.8. The number of rotatable bonds is 5. The van der Waals surface area contributed by atoms with Crippen molar-refractivity contribution in [3.8, 4) is 5.75 Å². The molecule has 0 fully saturated rings. The third-order valence-corrected chi connectivity index (χ3v) is 4.69. The molecule has 8 nitrogen and oxygen atoms in total. The fourth-order valence-electron chi connectivity index (χ4n) is 2.44. The number of ether oxygens (including phenoxy) is 1. The summed E-state index contributed by atoms with van der Waals surface area (Å²) in [7, 11) is 0. The van der Waals surface area contributed by atoms with Crippen molar-refractivity contribution in [1.82, 2.24) is 14.9 Å². The van der Waals surface area contributed by atoms with Gasteiger partial charge in [0.05, 0.1) is 10.6 Å². The molecule has 0 unspecified atom stereocenters. The standard InChI is InChI=1S/C17H13N5O3S/c23-22(24)13-8-6-12(7-9-13)15-11-26-17-19-18-16(21(17)20-15)10-25-14-4-2-1-3-5-14/h1-9H,10-11H2. The molecule has 0 saturated carbocycles. The molecule has 1 aromatic heterocycles. The molecule has 2 heterocycles. The summed E-state index contributed by atoms with van der Waals surface area (Å²) >= 11 is 1.51. The maximum Gasteiger partial charge on any atom is 0.269 e. The van der Waals surface area contributed by atoms with Gasteiger partial charge in [0.1, 0.15) is 12.4 Å². The zero-order chi connectivity index (χ0) is 17.9. The van der Waals surface area contributed by atoms with Crippen LogP contribution in [0, 0.1) is 10.1 Å². The monoisotopic (exact) mass is 367 g/mol. The Labute approximate surface area is 152 Å². The minimum Gasteiger partial charge on any atom is -0.486 e. The highest BCUT2D eigenvalue weighted by atomic mass is 32.2. The van der Waals surface area contributed by atoms with E-state index in [4.69, 9.17) is 4.74 Å². The van der Waals surface area contributed by atoms with E-state index in [1.165, 1.54) is 23.9 Å². The zero-order valence-electron chi connectivity index (χ0n) is 13.5. The number of nitro benzene ring substituents is 1. The maximum absolute atomic E-state index is 10.8. The quantitative estimate of drug-likeness (QED) is 0.508. The summed E-state index contributed by atoms with van der Waals surface area (Å²) in [5.74, 6) is 1.96. The first kappa shape index (κ1) is 16.3. The molecule has 0 bridgehead atoms. The van der Waals surface area contributed by atoms with Gasteiger partial charge in [-0.05, 0) is 29.8 Å². The lowest BCUT2D eigenvalue weighted by molar-refractivity contribution is -0.384. The first-order valence-electron chi connectivity index (χ1n) is 7.78. The largest absolute Gasteiger partial charge is 0.486 e. The molecule has 0 aliphatic carbocycles. The summed E-state index contributed by atoms with van der Waals surface area (Å²) in [5.41, 5.74) is 1.69. The molecule has 0 saturated heterocycles. The Balaban J connectivity index is 1.57. The highest BCUT2D eigenvalue weighted by Gasteiger charge is 2.20. The number of fused-ring (bicyclic) bond motifs is 1. The van der Waals surface area contributed by atoms with Crippen molar-refractivity contribution in [3.63, 3.8) is 0 Å². The molecular weight excluding hydrogens is 354 g/mol. The van der Waals surface area contributed by atoms with Gasteiger partial charge in [-0.25, -0.2) is 0 Å². The second-order valence-electron chi connectivity index (χ2n) is 5.45. The number of benzene rings is 2. The summed E-state index contributed by atoms with van der Waals surface area (Å²) in [5, 5.41) is 24.4. The van der Waals surface area contributed by atoms with Gasteiger partial charge in [0.25, 0.3) is 5.69 Å². The van der Waals surface area contributed by atoms with Gasteiger partial charge in [0.15, 0.2) is 5.82 Å². The van der Waals surface area contributed by atoms with Crippen LogP contribution in [0.5, 0.6) is 5.75 Å². The van der Waals surface area contributed by atoms with E-state index < -0.39 is 4.92 Å². The highest BCUT2D eigenvalue weighted by Crippen LogP contribution is 2.25. The summed E-state index contributed by atoms with van der Waals surface area (Å²) in [6.45, 7) is 0.245. The van der Waals surface area contributed by atoms with Crippen molar-refractivity contribution < 1.29 is 9.66 Å². The molecule has 130 valence electrons. The van der Waals surface area contributed by atoms with Gasteiger partial charge >= 0.3 is 0 Å². The third kappa shape index (κ3) is 3.29. The van der Waals surface area contributed by atoms with Crippen molar-refractivity contribution >= 4 is 23.2 Å². The van der Waals surface area contributed by atoms with E-state index in [0.717, 1.165) is 17.0 Å². The Morgan fingerprint density at radius 2 is 1.88 bits per heavy atom. The van der Waals surface area contributed by atoms with E-state index in [1.54, 1.807) is 16.8 Å². The summed E-state index contributed by atoms with van der Waals surface area (Å²) < 4.78 is 7.38. The van der Waals surface area contributed by atoms with E-state index >= 15 is 0 Å². The van der Waals surface area contributed by atoms with Gasteiger partial charge in [-0.3, -0.25) is 10.1 Å². The number of non-ortho nitro benzene ring substituents is 1. The lowest BCUT2D eigenvalue weighted by Gasteiger charge is -2.14. The van der Waals surface area contributed by atoms with E-state index in [1.807, 2.05) is 30.3 Å². The summed E-state index contributed by atoms with van der Waals surface area (Å²) in [4.78, 5) is 10.4. The molecule has 0 amide bonds. The van der Waals surface area contributed by atoms with E-state index in [0.29, 0.717) is 16.7 Å². The molecule has 0 N–H and O–H groups in total. The number of thioether (sulfide) groups is 1. The van der Waals surface area contributed by atoms with E-state index in [2.05, 4.69) is 15.3 Å². The molecule has 26 heavy (non-hydrogen) atoms. The Bertz CT molecular complexity index is 970. The normalized spacial score (nSPS) is 13.0. The van der Waals surface area contributed by atoms with Crippen molar-refractivity contribution in [3.05, 3.63) is 76.1 Å². The van der Waals surface area contributed by atoms with Gasteiger partial charge < -0.3 is 4.74 Å². The Morgan fingerprint density at radius 1 is 1.12 bits per heavy atom. The molecule has 1 aliphatic heterocycles. The van der Waals surface area contributed by atoms with Crippen LogP contribution in [0.25, 0.3) is 0 Å². The van der Waals surface area contributed by atoms with Crippen LogP contribution in [-0.2, 0) is 6.61 Å². The summed E-state index contributed by atoms with van der Waals surface area (Å²) in [6.07, 6.45) is 0. The van der Waals surface area contributed by atoms with Gasteiger partial charge in [-0.15, -0.1) is 10.2 Å². The molecular formula is C17H13N5O3S. The van der Waals surface area contributed by atoms with Crippen LogP contribution in [0.3, 0.4) is 0 Å². The molecule has 2 aromatic carbocycles.